The van der Waals surface area contributed by atoms with E-state index in [1.54, 1.807) is 4.68 Å². The molecule has 0 amide bonds. The molecule has 1 aliphatic heterocycles. The fourth-order valence-electron chi connectivity index (χ4n) is 4.09. The van der Waals surface area contributed by atoms with E-state index in [4.69, 9.17) is 10.5 Å². The molecule has 2 N–H and O–H groups in total. The molecule has 0 bridgehead atoms. The average molecular weight is 400 g/mol. The van der Waals surface area contributed by atoms with Gasteiger partial charge in [-0.05, 0) is 24.5 Å². The summed E-state index contributed by atoms with van der Waals surface area (Å²) < 4.78 is 8.97. The van der Waals surface area contributed by atoms with Crippen molar-refractivity contribution in [3.05, 3.63) is 59.5 Å². The van der Waals surface area contributed by atoms with E-state index < -0.39 is 0 Å². The molecule has 4 aromatic rings. The number of rotatable bonds is 4. The Balaban J connectivity index is 1.32. The minimum Gasteiger partial charge on any atom is -0.377 e. The monoisotopic (exact) mass is 400 g/mol. The lowest BCUT2D eigenvalue weighted by Gasteiger charge is -2.25. The summed E-state index contributed by atoms with van der Waals surface area (Å²) in [7, 11) is 0. The van der Waals surface area contributed by atoms with Gasteiger partial charge in [-0.2, -0.15) is 5.10 Å². The SMILES string of the molecule is Nc1nc(-c2cn(Cc3ccn(C4COC4)n3)nn2)c2c(n1)-c1ccccc1CC2. The number of fused-ring (bicyclic) bond motifs is 3. The number of hydrogen-bond acceptors (Lipinski definition) is 7. The Labute approximate surface area is 172 Å². The summed E-state index contributed by atoms with van der Waals surface area (Å²) >= 11 is 0. The molecule has 0 atom stereocenters. The molecule has 150 valence electrons. The van der Waals surface area contributed by atoms with Crippen LogP contribution in [0.4, 0.5) is 5.95 Å². The molecule has 0 radical (unpaired) electrons. The highest BCUT2D eigenvalue weighted by molar-refractivity contribution is 5.76. The van der Waals surface area contributed by atoms with E-state index in [0.29, 0.717) is 18.3 Å². The van der Waals surface area contributed by atoms with Crippen molar-refractivity contribution >= 4 is 5.95 Å². The number of anilines is 1. The summed E-state index contributed by atoms with van der Waals surface area (Å²) in [4.78, 5) is 9.05. The van der Waals surface area contributed by atoms with Crippen LogP contribution in [-0.2, 0) is 24.1 Å². The molecule has 6 rings (SSSR count). The van der Waals surface area contributed by atoms with Crippen molar-refractivity contribution in [2.24, 2.45) is 0 Å². The molecule has 1 fully saturated rings. The normalized spacial score (nSPS) is 15.5. The molecule has 9 heteroatoms. The molecule has 30 heavy (non-hydrogen) atoms. The second-order valence-corrected chi connectivity index (χ2v) is 7.69. The van der Waals surface area contributed by atoms with E-state index in [1.165, 1.54) is 5.56 Å². The highest BCUT2D eigenvalue weighted by Crippen LogP contribution is 2.36. The van der Waals surface area contributed by atoms with Crippen molar-refractivity contribution in [2.75, 3.05) is 18.9 Å². The van der Waals surface area contributed by atoms with E-state index >= 15 is 0 Å². The van der Waals surface area contributed by atoms with E-state index in [9.17, 15) is 0 Å². The van der Waals surface area contributed by atoms with Gasteiger partial charge >= 0.3 is 0 Å². The maximum absolute atomic E-state index is 6.06. The molecule has 0 spiro atoms. The molecule has 0 unspecified atom stereocenters. The number of nitrogen functional groups attached to an aromatic ring is 1. The number of aromatic nitrogens is 7. The zero-order chi connectivity index (χ0) is 20.1. The van der Waals surface area contributed by atoms with Crippen LogP contribution in [0.1, 0.15) is 22.9 Å². The van der Waals surface area contributed by atoms with Crippen LogP contribution < -0.4 is 5.73 Å². The number of benzene rings is 1. The van der Waals surface area contributed by atoms with Crippen LogP contribution in [0.3, 0.4) is 0 Å². The van der Waals surface area contributed by atoms with Gasteiger partial charge in [-0.1, -0.05) is 29.5 Å². The Morgan fingerprint density at radius 2 is 1.93 bits per heavy atom. The number of hydrogen-bond donors (Lipinski definition) is 1. The van der Waals surface area contributed by atoms with Gasteiger partial charge in [-0.15, -0.1) is 5.10 Å². The van der Waals surface area contributed by atoms with Gasteiger partial charge in [0.1, 0.15) is 11.4 Å². The predicted molar refractivity (Wildman–Crippen MR) is 109 cm³/mol. The highest BCUT2D eigenvalue weighted by Gasteiger charge is 2.24. The molecule has 1 aromatic carbocycles. The second-order valence-electron chi connectivity index (χ2n) is 7.69. The first kappa shape index (κ1) is 17.3. The van der Waals surface area contributed by atoms with E-state index in [1.807, 2.05) is 29.2 Å². The third-order valence-corrected chi connectivity index (χ3v) is 5.70. The van der Waals surface area contributed by atoms with Crippen molar-refractivity contribution in [3.63, 3.8) is 0 Å². The first-order chi connectivity index (χ1) is 14.7. The Bertz CT molecular complexity index is 1240. The van der Waals surface area contributed by atoms with Gasteiger partial charge in [-0.25, -0.2) is 14.6 Å². The first-order valence-electron chi connectivity index (χ1n) is 10.0. The smallest absolute Gasteiger partial charge is 0.221 e. The number of aryl methyl sites for hydroxylation is 1. The fourth-order valence-corrected chi connectivity index (χ4v) is 4.09. The van der Waals surface area contributed by atoms with Crippen molar-refractivity contribution in [1.29, 1.82) is 0 Å². The van der Waals surface area contributed by atoms with Gasteiger partial charge in [0.25, 0.3) is 0 Å². The highest BCUT2D eigenvalue weighted by atomic mass is 16.5. The first-order valence-corrected chi connectivity index (χ1v) is 10.0. The fraction of sp³-hybridized carbons (Fsp3) is 0.286. The van der Waals surface area contributed by atoms with Crippen LogP contribution in [0.15, 0.2) is 42.7 Å². The molecule has 1 saturated heterocycles. The Hall–Kier alpha value is -3.59. The number of nitrogens with two attached hydrogens (primary N) is 1. The zero-order valence-corrected chi connectivity index (χ0v) is 16.3. The largest absolute Gasteiger partial charge is 0.377 e. The van der Waals surface area contributed by atoms with E-state index in [0.717, 1.165) is 54.3 Å². The minimum absolute atomic E-state index is 0.247. The zero-order valence-electron chi connectivity index (χ0n) is 16.3. The van der Waals surface area contributed by atoms with Crippen LogP contribution in [0.5, 0.6) is 0 Å². The molecule has 1 aliphatic carbocycles. The average Bonchev–Trinajstić information content (AvgIpc) is 3.36. The Morgan fingerprint density at radius 1 is 1.07 bits per heavy atom. The molecule has 9 nitrogen and oxygen atoms in total. The molecule has 0 saturated carbocycles. The topological polar surface area (TPSA) is 110 Å². The van der Waals surface area contributed by atoms with Crippen molar-refractivity contribution in [1.82, 2.24) is 34.7 Å². The summed E-state index contributed by atoms with van der Waals surface area (Å²) in [6.07, 6.45) is 5.68. The van der Waals surface area contributed by atoms with Crippen molar-refractivity contribution in [2.45, 2.75) is 25.4 Å². The van der Waals surface area contributed by atoms with Crippen LogP contribution in [0.25, 0.3) is 22.6 Å². The van der Waals surface area contributed by atoms with E-state index in [2.05, 4.69) is 43.6 Å². The van der Waals surface area contributed by atoms with Crippen LogP contribution >= 0.6 is 0 Å². The van der Waals surface area contributed by atoms with Gasteiger partial charge in [0, 0.05) is 17.3 Å². The predicted octanol–water partition coefficient (Wildman–Crippen LogP) is 1.90. The van der Waals surface area contributed by atoms with Crippen LogP contribution in [0, 0.1) is 0 Å². The quantitative estimate of drug-likeness (QED) is 0.557. The molecule has 2 aliphatic rings. The van der Waals surface area contributed by atoms with Gasteiger partial charge in [0.05, 0.1) is 43.4 Å². The maximum Gasteiger partial charge on any atom is 0.221 e. The number of ether oxygens (including phenoxy) is 1. The third kappa shape index (κ3) is 2.86. The molecular weight excluding hydrogens is 380 g/mol. The molecule has 4 heterocycles. The summed E-state index contributed by atoms with van der Waals surface area (Å²) in [6.45, 7) is 1.98. The van der Waals surface area contributed by atoms with Gasteiger partial charge in [0.2, 0.25) is 5.95 Å². The minimum atomic E-state index is 0.247. The van der Waals surface area contributed by atoms with Gasteiger partial charge in [-0.3, -0.25) is 4.68 Å². The van der Waals surface area contributed by atoms with E-state index in [-0.39, 0.29) is 5.95 Å². The van der Waals surface area contributed by atoms with Crippen molar-refractivity contribution < 1.29 is 4.74 Å². The maximum atomic E-state index is 6.06. The van der Waals surface area contributed by atoms with Gasteiger partial charge < -0.3 is 10.5 Å². The number of nitrogens with zero attached hydrogens (tertiary/aromatic N) is 7. The summed E-state index contributed by atoms with van der Waals surface area (Å²) in [5.41, 5.74) is 12.8. The summed E-state index contributed by atoms with van der Waals surface area (Å²) in [6, 6.07) is 10.6. The van der Waals surface area contributed by atoms with Crippen LogP contribution in [0.2, 0.25) is 0 Å². The standard InChI is InChI=1S/C21H20N8O/c22-21-23-19-16-4-2-1-3-13(16)5-6-17(19)20(24-21)18-10-28(27-25-18)9-14-7-8-29(26-14)15-11-30-12-15/h1-4,7-8,10,15H,5-6,9,11-12H2,(H2,22,23,24). The lowest BCUT2D eigenvalue weighted by Crippen LogP contribution is -2.31. The Kier molecular flexibility index (Phi) is 3.88. The third-order valence-electron chi connectivity index (χ3n) is 5.70. The summed E-state index contributed by atoms with van der Waals surface area (Å²) in [5, 5.41) is 13.3. The Morgan fingerprint density at radius 3 is 2.80 bits per heavy atom. The second kappa shape index (κ2) is 6.74. The van der Waals surface area contributed by atoms with Crippen LogP contribution in [-0.4, -0.2) is 48.0 Å². The molecule has 3 aromatic heterocycles. The molecular formula is C21H20N8O. The lowest BCUT2D eigenvalue weighted by atomic mass is 9.88. The van der Waals surface area contributed by atoms with Gasteiger partial charge in [0.15, 0.2) is 0 Å². The summed E-state index contributed by atoms with van der Waals surface area (Å²) in [5.74, 6) is 0.247. The lowest BCUT2D eigenvalue weighted by molar-refractivity contribution is -0.0288. The van der Waals surface area contributed by atoms with Crippen molar-refractivity contribution in [3.8, 4) is 22.6 Å².